The zero-order valence-electron chi connectivity index (χ0n) is 7.90. The number of Topliss-reactive ketones (excluding diaryl/α,β-unsaturated/α-hetero) is 1. The molecule has 0 heterocycles. The SMILES string of the molecule is O=C(O)C(=O)C(c1ccccc1)S(=O)(=O)O. The molecule has 1 rings (SSSR count). The molecule has 0 aliphatic heterocycles. The van der Waals surface area contributed by atoms with Crippen molar-refractivity contribution in [2.24, 2.45) is 0 Å². The molecule has 0 amide bonds. The van der Waals surface area contributed by atoms with Crippen LogP contribution in [-0.4, -0.2) is 29.8 Å². The van der Waals surface area contributed by atoms with Crippen LogP contribution in [0, 0.1) is 0 Å². The fourth-order valence-corrected chi connectivity index (χ4v) is 2.07. The molecule has 0 aliphatic carbocycles. The number of benzene rings is 1. The lowest BCUT2D eigenvalue weighted by Crippen LogP contribution is -2.27. The van der Waals surface area contributed by atoms with Crippen LogP contribution in [-0.2, 0) is 19.7 Å². The normalized spacial score (nSPS) is 13.1. The van der Waals surface area contributed by atoms with Gasteiger partial charge in [-0.1, -0.05) is 30.3 Å². The minimum Gasteiger partial charge on any atom is -0.475 e. The van der Waals surface area contributed by atoms with E-state index in [1.54, 1.807) is 6.07 Å². The predicted molar refractivity (Wildman–Crippen MR) is 53.4 cm³/mol. The molecule has 1 aromatic carbocycles. The zero-order chi connectivity index (χ0) is 12.3. The largest absolute Gasteiger partial charge is 0.475 e. The first kappa shape index (κ1) is 12.3. The molecule has 0 saturated heterocycles. The molecule has 1 atom stereocenters. The summed E-state index contributed by atoms with van der Waals surface area (Å²) in [6.07, 6.45) is 0. The highest BCUT2D eigenvalue weighted by molar-refractivity contribution is 7.87. The van der Waals surface area contributed by atoms with Crippen molar-refractivity contribution in [2.75, 3.05) is 0 Å². The topological polar surface area (TPSA) is 109 Å². The quantitative estimate of drug-likeness (QED) is 0.581. The highest BCUT2D eigenvalue weighted by atomic mass is 32.2. The van der Waals surface area contributed by atoms with Gasteiger partial charge in [0.15, 0.2) is 5.25 Å². The molecule has 0 radical (unpaired) electrons. The maximum atomic E-state index is 11.2. The fraction of sp³-hybridized carbons (Fsp3) is 0.111. The first-order valence-corrected chi connectivity index (χ1v) is 5.62. The second kappa shape index (κ2) is 4.42. The molecule has 2 N–H and O–H groups in total. The summed E-state index contributed by atoms with van der Waals surface area (Å²) in [5.74, 6) is -3.50. The van der Waals surface area contributed by atoms with E-state index in [-0.39, 0.29) is 5.56 Å². The number of ketones is 1. The van der Waals surface area contributed by atoms with Gasteiger partial charge < -0.3 is 5.11 Å². The van der Waals surface area contributed by atoms with Crippen LogP contribution < -0.4 is 0 Å². The Balaban J connectivity index is 3.29. The van der Waals surface area contributed by atoms with E-state index < -0.39 is 27.1 Å². The van der Waals surface area contributed by atoms with E-state index in [4.69, 9.17) is 9.66 Å². The van der Waals surface area contributed by atoms with Gasteiger partial charge in [-0.25, -0.2) is 4.79 Å². The number of aliphatic carboxylic acids is 1. The monoisotopic (exact) mass is 244 g/mol. The number of carbonyl (C=O) groups is 2. The second-order valence-corrected chi connectivity index (χ2v) is 4.48. The summed E-state index contributed by atoms with van der Waals surface area (Å²) in [7, 11) is -4.79. The van der Waals surface area contributed by atoms with E-state index in [1.807, 2.05) is 0 Å². The van der Waals surface area contributed by atoms with E-state index in [0.717, 1.165) is 0 Å². The number of carboxylic acid groups (broad SMARTS) is 1. The fourth-order valence-electron chi connectivity index (χ4n) is 1.20. The molecule has 0 aromatic heterocycles. The van der Waals surface area contributed by atoms with Crippen molar-refractivity contribution in [3.63, 3.8) is 0 Å². The Kier molecular flexibility index (Phi) is 3.41. The highest BCUT2D eigenvalue weighted by Gasteiger charge is 2.36. The Hall–Kier alpha value is -1.73. The highest BCUT2D eigenvalue weighted by Crippen LogP contribution is 2.22. The van der Waals surface area contributed by atoms with Gasteiger partial charge in [0.25, 0.3) is 15.9 Å². The Morgan fingerprint density at radius 3 is 2.00 bits per heavy atom. The van der Waals surface area contributed by atoms with Gasteiger partial charge in [0.1, 0.15) is 0 Å². The lowest BCUT2D eigenvalue weighted by atomic mass is 10.1. The minimum atomic E-state index is -4.79. The van der Waals surface area contributed by atoms with Crippen molar-refractivity contribution in [3.05, 3.63) is 35.9 Å². The number of hydrogen-bond acceptors (Lipinski definition) is 4. The number of rotatable bonds is 4. The molecular weight excluding hydrogens is 236 g/mol. The van der Waals surface area contributed by atoms with Gasteiger partial charge in [-0.3, -0.25) is 9.35 Å². The van der Waals surface area contributed by atoms with Crippen LogP contribution >= 0.6 is 0 Å². The predicted octanol–water partition coefficient (Wildman–Crippen LogP) is 0.269. The first-order valence-electron chi connectivity index (χ1n) is 4.12. The summed E-state index contributed by atoms with van der Waals surface area (Å²) in [6.45, 7) is 0. The molecule has 0 aliphatic rings. The molecule has 0 spiro atoms. The maximum absolute atomic E-state index is 11.2. The van der Waals surface area contributed by atoms with E-state index in [0.29, 0.717) is 0 Å². The average Bonchev–Trinajstić information content (AvgIpc) is 2.17. The molecule has 16 heavy (non-hydrogen) atoms. The molecular formula is C9H8O6S. The van der Waals surface area contributed by atoms with Crippen molar-refractivity contribution in [1.29, 1.82) is 0 Å². The molecule has 0 saturated carbocycles. The van der Waals surface area contributed by atoms with Crippen LogP contribution in [0.25, 0.3) is 0 Å². The van der Waals surface area contributed by atoms with Crippen LogP contribution in [0.4, 0.5) is 0 Å². The molecule has 0 fully saturated rings. The third kappa shape index (κ3) is 2.65. The third-order valence-corrected chi connectivity index (χ3v) is 2.93. The average molecular weight is 244 g/mol. The van der Waals surface area contributed by atoms with Crippen LogP contribution in [0.15, 0.2) is 30.3 Å². The van der Waals surface area contributed by atoms with Crippen LogP contribution in [0.2, 0.25) is 0 Å². The van der Waals surface area contributed by atoms with Gasteiger partial charge in [0.2, 0.25) is 0 Å². The van der Waals surface area contributed by atoms with Crippen molar-refractivity contribution < 1.29 is 27.7 Å². The molecule has 1 aromatic rings. The van der Waals surface area contributed by atoms with E-state index in [2.05, 4.69) is 0 Å². The van der Waals surface area contributed by atoms with Gasteiger partial charge in [0.05, 0.1) is 0 Å². The summed E-state index contributed by atoms with van der Waals surface area (Å²) in [5, 5.41) is 6.37. The summed E-state index contributed by atoms with van der Waals surface area (Å²) in [6, 6.07) is 6.93. The van der Waals surface area contributed by atoms with E-state index in [1.165, 1.54) is 24.3 Å². The smallest absolute Gasteiger partial charge is 0.374 e. The molecule has 7 heteroatoms. The van der Waals surface area contributed by atoms with Crippen molar-refractivity contribution in [1.82, 2.24) is 0 Å². The summed E-state index contributed by atoms with van der Waals surface area (Å²) >= 11 is 0. The van der Waals surface area contributed by atoms with E-state index in [9.17, 15) is 18.0 Å². The second-order valence-electron chi connectivity index (χ2n) is 2.98. The number of hydrogen-bond donors (Lipinski definition) is 2. The van der Waals surface area contributed by atoms with Gasteiger partial charge >= 0.3 is 5.97 Å². The van der Waals surface area contributed by atoms with Crippen molar-refractivity contribution in [3.8, 4) is 0 Å². The van der Waals surface area contributed by atoms with E-state index >= 15 is 0 Å². The van der Waals surface area contributed by atoms with Crippen LogP contribution in [0.1, 0.15) is 10.8 Å². The van der Waals surface area contributed by atoms with Gasteiger partial charge in [-0.2, -0.15) is 8.42 Å². The molecule has 1 unspecified atom stereocenters. The Labute approximate surface area is 91.3 Å². The first-order chi connectivity index (χ1) is 7.34. The standard InChI is InChI=1S/C9H8O6S/c10-7(9(11)12)8(16(13,14)15)6-4-2-1-3-5-6/h1-5,8H,(H,11,12)(H,13,14,15). The lowest BCUT2D eigenvalue weighted by Gasteiger charge is -2.10. The van der Waals surface area contributed by atoms with Crippen molar-refractivity contribution in [2.45, 2.75) is 5.25 Å². The summed E-state index contributed by atoms with van der Waals surface area (Å²) in [5.41, 5.74) is -0.0857. The van der Waals surface area contributed by atoms with Crippen LogP contribution in [0.3, 0.4) is 0 Å². The summed E-state index contributed by atoms with van der Waals surface area (Å²) < 4.78 is 30.7. The Morgan fingerprint density at radius 1 is 1.12 bits per heavy atom. The number of carboxylic acids is 1. The molecule has 86 valence electrons. The lowest BCUT2D eigenvalue weighted by molar-refractivity contribution is -0.149. The third-order valence-electron chi connectivity index (χ3n) is 1.85. The van der Waals surface area contributed by atoms with Gasteiger partial charge in [0, 0.05) is 0 Å². The molecule has 0 bridgehead atoms. The van der Waals surface area contributed by atoms with Gasteiger partial charge in [-0.05, 0) is 5.56 Å². The minimum absolute atomic E-state index is 0.0857. The zero-order valence-corrected chi connectivity index (χ0v) is 8.72. The van der Waals surface area contributed by atoms with Gasteiger partial charge in [-0.15, -0.1) is 0 Å². The summed E-state index contributed by atoms with van der Waals surface area (Å²) in [4.78, 5) is 21.6. The maximum Gasteiger partial charge on any atom is 0.374 e. The molecule has 6 nitrogen and oxygen atoms in total. The number of carbonyl (C=O) groups excluding carboxylic acids is 1. The van der Waals surface area contributed by atoms with Crippen LogP contribution in [0.5, 0.6) is 0 Å². The Bertz CT molecular complexity index is 504. The Morgan fingerprint density at radius 2 is 1.62 bits per heavy atom. The van der Waals surface area contributed by atoms with Crippen molar-refractivity contribution >= 4 is 21.9 Å².